The lowest BCUT2D eigenvalue weighted by atomic mass is 10.1. The van der Waals surface area contributed by atoms with E-state index in [9.17, 15) is 9.59 Å². The molecule has 2 aromatic rings. The normalized spacial score (nSPS) is 10.2. The minimum absolute atomic E-state index is 0.0500. The Kier molecular flexibility index (Phi) is 7.61. The van der Waals surface area contributed by atoms with E-state index in [1.54, 1.807) is 24.4 Å². The highest BCUT2D eigenvalue weighted by Crippen LogP contribution is 2.12. The van der Waals surface area contributed by atoms with Gasteiger partial charge in [-0.05, 0) is 41.8 Å². The van der Waals surface area contributed by atoms with Crippen molar-refractivity contribution in [1.29, 1.82) is 0 Å². The first kappa shape index (κ1) is 19.4. The zero-order valence-corrected chi connectivity index (χ0v) is 15.3. The Hall–Kier alpha value is -2.89. The molecule has 2 amide bonds. The maximum absolute atomic E-state index is 12.1. The lowest BCUT2D eigenvalue weighted by Gasteiger charge is -2.20. The summed E-state index contributed by atoms with van der Waals surface area (Å²) in [5.74, 6) is 0.696. The van der Waals surface area contributed by atoms with Gasteiger partial charge in [0.25, 0.3) is 0 Å². The number of benzene rings is 1. The van der Waals surface area contributed by atoms with E-state index in [4.69, 9.17) is 4.74 Å². The quantitative estimate of drug-likeness (QED) is 0.748. The highest BCUT2D eigenvalue weighted by molar-refractivity contribution is 5.78. The van der Waals surface area contributed by atoms with Crippen LogP contribution in [0.4, 0.5) is 0 Å². The number of pyridine rings is 1. The minimum atomic E-state index is -0.0612. The van der Waals surface area contributed by atoms with Crippen LogP contribution in [0.5, 0.6) is 5.75 Å². The Morgan fingerprint density at radius 3 is 2.62 bits per heavy atom. The van der Waals surface area contributed by atoms with Crippen LogP contribution in [-0.4, -0.2) is 41.9 Å². The van der Waals surface area contributed by atoms with E-state index >= 15 is 0 Å². The maximum Gasteiger partial charge on any atom is 0.221 e. The van der Waals surface area contributed by atoms with Gasteiger partial charge >= 0.3 is 0 Å². The first-order chi connectivity index (χ1) is 12.6. The van der Waals surface area contributed by atoms with Crippen LogP contribution in [0.3, 0.4) is 0 Å². The third-order valence-electron chi connectivity index (χ3n) is 4.05. The summed E-state index contributed by atoms with van der Waals surface area (Å²) in [5.41, 5.74) is 2.10. The van der Waals surface area contributed by atoms with Crippen LogP contribution in [0.25, 0.3) is 0 Å². The number of rotatable bonds is 9. The van der Waals surface area contributed by atoms with E-state index in [0.717, 1.165) is 23.3 Å². The number of carbonyl (C=O) groups is 2. The van der Waals surface area contributed by atoms with Gasteiger partial charge in [0.1, 0.15) is 5.75 Å². The maximum atomic E-state index is 12.1. The lowest BCUT2D eigenvalue weighted by Crippen LogP contribution is -2.34. The summed E-state index contributed by atoms with van der Waals surface area (Å²) < 4.78 is 5.19. The summed E-state index contributed by atoms with van der Waals surface area (Å²) in [7, 11) is 1.63. The molecular formula is C20H25N3O3. The monoisotopic (exact) mass is 355 g/mol. The molecule has 0 saturated carbocycles. The predicted octanol–water partition coefficient (Wildman–Crippen LogP) is 2.19. The molecule has 0 atom stereocenters. The number of amides is 2. The zero-order chi connectivity index (χ0) is 18.8. The van der Waals surface area contributed by atoms with Crippen molar-refractivity contribution in [1.82, 2.24) is 15.2 Å². The van der Waals surface area contributed by atoms with Gasteiger partial charge in [0.05, 0.1) is 7.11 Å². The topological polar surface area (TPSA) is 71.5 Å². The first-order valence-electron chi connectivity index (χ1n) is 8.62. The molecule has 1 aromatic carbocycles. The van der Waals surface area contributed by atoms with Crippen molar-refractivity contribution in [2.24, 2.45) is 0 Å². The molecule has 2 rings (SSSR count). The number of ether oxygens (including phenoxy) is 1. The van der Waals surface area contributed by atoms with E-state index in [1.165, 1.54) is 6.92 Å². The van der Waals surface area contributed by atoms with Crippen molar-refractivity contribution < 1.29 is 14.3 Å². The number of nitrogens with one attached hydrogen (secondary N) is 1. The fourth-order valence-electron chi connectivity index (χ4n) is 2.56. The SMILES string of the molecule is COc1cccc(CCNC(=O)CCN(Cc2ccncc2)C(C)=O)c1. The molecule has 0 bridgehead atoms. The van der Waals surface area contributed by atoms with E-state index in [0.29, 0.717) is 19.6 Å². The molecule has 0 spiro atoms. The van der Waals surface area contributed by atoms with Crippen molar-refractivity contribution >= 4 is 11.8 Å². The molecule has 0 saturated heterocycles. The molecule has 1 aromatic heterocycles. The van der Waals surface area contributed by atoms with E-state index in [2.05, 4.69) is 10.3 Å². The highest BCUT2D eigenvalue weighted by atomic mass is 16.5. The van der Waals surface area contributed by atoms with Gasteiger partial charge in [0, 0.05) is 45.4 Å². The van der Waals surface area contributed by atoms with Crippen molar-refractivity contribution in [2.75, 3.05) is 20.2 Å². The predicted molar refractivity (Wildman–Crippen MR) is 99.7 cm³/mol. The Labute approximate surface area is 154 Å². The second-order valence-corrected chi connectivity index (χ2v) is 6.00. The second-order valence-electron chi connectivity index (χ2n) is 6.00. The average Bonchev–Trinajstić information content (AvgIpc) is 2.66. The summed E-state index contributed by atoms with van der Waals surface area (Å²) in [5, 5.41) is 2.90. The number of aromatic nitrogens is 1. The molecule has 138 valence electrons. The van der Waals surface area contributed by atoms with Gasteiger partial charge in [-0.25, -0.2) is 0 Å². The summed E-state index contributed by atoms with van der Waals surface area (Å²) in [6, 6.07) is 11.5. The van der Waals surface area contributed by atoms with Gasteiger partial charge in [-0.3, -0.25) is 14.6 Å². The Balaban J connectivity index is 1.74. The average molecular weight is 355 g/mol. The van der Waals surface area contributed by atoms with Crippen LogP contribution in [-0.2, 0) is 22.6 Å². The molecule has 1 heterocycles. The smallest absolute Gasteiger partial charge is 0.221 e. The molecule has 0 unspecified atom stereocenters. The summed E-state index contributed by atoms with van der Waals surface area (Å²) in [6.07, 6.45) is 4.40. The van der Waals surface area contributed by atoms with Crippen molar-refractivity contribution in [3.05, 3.63) is 59.9 Å². The first-order valence-corrected chi connectivity index (χ1v) is 8.62. The number of hydrogen-bond donors (Lipinski definition) is 1. The molecule has 0 aliphatic rings. The number of nitrogens with zero attached hydrogens (tertiary/aromatic N) is 2. The van der Waals surface area contributed by atoms with Crippen LogP contribution >= 0.6 is 0 Å². The van der Waals surface area contributed by atoms with Crippen LogP contribution in [0.2, 0.25) is 0 Å². The third kappa shape index (κ3) is 6.55. The minimum Gasteiger partial charge on any atom is -0.497 e. The Morgan fingerprint density at radius 2 is 1.92 bits per heavy atom. The van der Waals surface area contributed by atoms with Crippen LogP contribution < -0.4 is 10.1 Å². The summed E-state index contributed by atoms with van der Waals surface area (Å²) >= 11 is 0. The fourth-order valence-corrected chi connectivity index (χ4v) is 2.56. The third-order valence-corrected chi connectivity index (χ3v) is 4.05. The molecule has 6 heteroatoms. The molecular weight excluding hydrogens is 330 g/mol. The summed E-state index contributed by atoms with van der Waals surface area (Å²) in [6.45, 7) is 2.94. The van der Waals surface area contributed by atoms with Crippen molar-refractivity contribution in [3.63, 3.8) is 0 Å². The van der Waals surface area contributed by atoms with Crippen LogP contribution in [0.1, 0.15) is 24.5 Å². The zero-order valence-electron chi connectivity index (χ0n) is 15.3. The standard InChI is InChI=1S/C20H25N3O3/c1-16(24)23(15-18-6-10-21-11-7-18)13-9-20(25)22-12-8-17-4-3-5-19(14-17)26-2/h3-7,10-11,14H,8-9,12-13,15H2,1-2H3,(H,22,25). The molecule has 0 aliphatic carbocycles. The molecule has 26 heavy (non-hydrogen) atoms. The van der Waals surface area contributed by atoms with Gasteiger partial charge in [-0.15, -0.1) is 0 Å². The Morgan fingerprint density at radius 1 is 1.15 bits per heavy atom. The van der Waals surface area contributed by atoms with Gasteiger partial charge in [-0.2, -0.15) is 0 Å². The summed E-state index contributed by atoms with van der Waals surface area (Å²) in [4.78, 5) is 29.5. The largest absolute Gasteiger partial charge is 0.497 e. The fraction of sp³-hybridized carbons (Fsp3) is 0.350. The highest BCUT2D eigenvalue weighted by Gasteiger charge is 2.11. The molecule has 0 aliphatic heterocycles. The van der Waals surface area contributed by atoms with Crippen molar-refractivity contribution in [2.45, 2.75) is 26.3 Å². The van der Waals surface area contributed by atoms with Crippen LogP contribution in [0, 0.1) is 0 Å². The Bertz CT molecular complexity index is 719. The van der Waals surface area contributed by atoms with Crippen LogP contribution in [0.15, 0.2) is 48.8 Å². The molecule has 0 fully saturated rings. The van der Waals surface area contributed by atoms with Crippen molar-refractivity contribution in [3.8, 4) is 5.75 Å². The van der Waals surface area contributed by atoms with E-state index in [1.807, 2.05) is 36.4 Å². The van der Waals surface area contributed by atoms with Gasteiger partial charge in [0.15, 0.2) is 0 Å². The number of methoxy groups -OCH3 is 1. The van der Waals surface area contributed by atoms with E-state index in [-0.39, 0.29) is 18.2 Å². The van der Waals surface area contributed by atoms with Gasteiger partial charge < -0.3 is 15.0 Å². The lowest BCUT2D eigenvalue weighted by molar-refractivity contribution is -0.130. The number of hydrogen-bond acceptors (Lipinski definition) is 4. The second kappa shape index (κ2) is 10.2. The molecule has 6 nitrogen and oxygen atoms in total. The molecule has 1 N–H and O–H groups in total. The van der Waals surface area contributed by atoms with Gasteiger partial charge in [0.2, 0.25) is 11.8 Å². The van der Waals surface area contributed by atoms with Gasteiger partial charge in [-0.1, -0.05) is 12.1 Å². The molecule has 0 radical (unpaired) electrons. The number of carbonyl (C=O) groups excluding carboxylic acids is 2. The van der Waals surface area contributed by atoms with E-state index < -0.39 is 0 Å².